The molecule has 5 heteroatoms. The molecule has 2 rings (SSSR count). The van der Waals surface area contributed by atoms with Crippen LogP contribution in [0, 0.1) is 0 Å². The van der Waals surface area contributed by atoms with Gasteiger partial charge in [0.1, 0.15) is 5.75 Å². The standard InChI is InChI=1S/C12H14O5/c1-12(2)16-6-8-5-7(10(13)11(14)15)3-4-9(8)17-12/h3-5,10,13H,6H2,1-2H3,(H,14,15)/t10-/m1/s1. The minimum Gasteiger partial charge on any atom is -0.479 e. The van der Waals surface area contributed by atoms with Crippen LogP contribution in [-0.2, 0) is 16.1 Å². The summed E-state index contributed by atoms with van der Waals surface area (Å²) in [7, 11) is 0. The average Bonchev–Trinajstić information content (AvgIpc) is 2.26. The summed E-state index contributed by atoms with van der Waals surface area (Å²) in [6.45, 7) is 3.94. The van der Waals surface area contributed by atoms with E-state index in [1.807, 2.05) is 0 Å². The normalized spacial score (nSPS) is 19.0. The van der Waals surface area contributed by atoms with Crippen molar-refractivity contribution < 1.29 is 24.5 Å². The zero-order chi connectivity index (χ0) is 12.6. The first-order chi connectivity index (χ1) is 7.89. The summed E-state index contributed by atoms with van der Waals surface area (Å²) in [5, 5.41) is 18.1. The van der Waals surface area contributed by atoms with E-state index in [4.69, 9.17) is 14.6 Å². The van der Waals surface area contributed by atoms with Crippen LogP contribution in [0.4, 0.5) is 0 Å². The Kier molecular flexibility index (Phi) is 2.81. The summed E-state index contributed by atoms with van der Waals surface area (Å²) in [5.41, 5.74) is 1.06. The number of benzene rings is 1. The third-order valence-electron chi connectivity index (χ3n) is 2.57. The molecule has 1 atom stereocenters. The van der Waals surface area contributed by atoms with E-state index in [0.717, 1.165) is 5.56 Å². The number of aliphatic carboxylic acids is 1. The van der Waals surface area contributed by atoms with Crippen LogP contribution >= 0.6 is 0 Å². The number of fused-ring (bicyclic) bond motifs is 1. The Morgan fingerprint density at radius 2 is 2.18 bits per heavy atom. The molecule has 0 fully saturated rings. The van der Waals surface area contributed by atoms with Crippen molar-refractivity contribution in [1.82, 2.24) is 0 Å². The van der Waals surface area contributed by atoms with Crippen molar-refractivity contribution in [1.29, 1.82) is 0 Å². The first-order valence-corrected chi connectivity index (χ1v) is 5.26. The van der Waals surface area contributed by atoms with Crippen molar-refractivity contribution in [2.24, 2.45) is 0 Å². The van der Waals surface area contributed by atoms with E-state index in [1.54, 1.807) is 32.0 Å². The highest BCUT2D eigenvalue weighted by atomic mass is 16.7. The van der Waals surface area contributed by atoms with Gasteiger partial charge in [0, 0.05) is 19.4 Å². The van der Waals surface area contributed by atoms with Gasteiger partial charge in [-0.05, 0) is 17.7 Å². The van der Waals surface area contributed by atoms with E-state index in [1.165, 1.54) is 0 Å². The summed E-state index contributed by atoms with van der Waals surface area (Å²) < 4.78 is 11.0. The van der Waals surface area contributed by atoms with Gasteiger partial charge in [0.2, 0.25) is 5.79 Å². The van der Waals surface area contributed by atoms with E-state index < -0.39 is 17.9 Å². The second-order valence-corrected chi connectivity index (χ2v) is 4.40. The number of aliphatic hydroxyl groups is 1. The topological polar surface area (TPSA) is 76.0 Å². The van der Waals surface area contributed by atoms with Gasteiger partial charge in [-0.15, -0.1) is 0 Å². The van der Waals surface area contributed by atoms with Crippen molar-refractivity contribution in [3.05, 3.63) is 29.3 Å². The zero-order valence-corrected chi connectivity index (χ0v) is 9.64. The van der Waals surface area contributed by atoms with Crippen molar-refractivity contribution in [2.45, 2.75) is 32.3 Å². The molecule has 0 saturated carbocycles. The van der Waals surface area contributed by atoms with E-state index in [2.05, 4.69) is 0 Å². The van der Waals surface area contributed by atoms with Crippen LogP contribution in [0.1, 0.15) is 31.1 Å². The highest BCUT2D eigenvalue weighted by Crippen LogP contribution is 2.32. The lowest BCUT2D eigenvalue weighted by atomic mass is 10.0. The molecule has 5 nitrogen and oxygen atoms in total. The number of carboxylic acid groups (broad SMARTS) is 1. The summed E-state index contributed by atoms with van der Waals surface area (Å²) in [6, 6.07) is 4.78. The third kappa shape index (κ3) is 2.40. The summed E-state index contributed by atoms with van der Waals surface area (Å²) >= 11 is 0. The SMILES string of the molecule is CC1(C)OCc2cc([C@@H](O)C(=O)O)ccc2O1. The molecule has 0 spiro atoms. The van der Waals surface area contributed by atoms with Crippen molar-refractivity contribution in [3.8, 4) is 5.75 Å². The number of ether oxygens (including phenoxy) is 2. The number of hydrogen-bond acceptors (Lipinski definition) is 4. The molecule has 0 saturated heterocycles. The predicted octanol–water partition coefficient (Wildman–Crippen LogP) is 1.45. The molecule has 0 unspecified atom stereocenters. The Bertz CT molecular complexity index is 452. The second kappa shape index (κ2) is 4.01. The van der Waals surface area contributed by atoms with Gasteiger partial charge in [0.15, 0.2) is 6.10 Å². The van der Waals surface area contributed by atoms with Gasteiger partial charge < -0.3 is 19.7 Å². The molecular weight excluding hydrogens is 224 g/mol. The molecule has 1 heterocycles. The Morgan fingerprint density at radius 1 is 1.47 bits per heavy atom. The highest BCUT2D eigenvalue weighted by Gasteiger charge is 2.28. The Morgan fingerprint density at radius 3 is 2.82 bits per heavy atom. The summed E-state index contributed by atoms with van der Waals surface area (Å²) in [4.78, 5) is 10.7. The molecular formula is C12H14O5. The van der Waals surface area contributed by atoms with Crippen LogP contribution in [0.2, 0.25) is 0 Å². The fourth-order valence-corrected chi connectivity index (χ4v) is 1.67. The summed E-state index contributed by atoms with van der Waals surface area (Å²) in [6.07, 6.45) is -1.52. The number of rotatable bonds is 2. The van der Waals surface area contributed by atoms with Crippen molar-refractivity contribution in [3.63, 3.8) is 0 Å². The highest BCUT2D eigenvalue weighted by molar-refractivity contribution is 5.74. The lowest BCUT2D eigenvalue weighted by molar-refractivity contribution is -0.180. The number of hydrogen-bond donors (Lipinski definition) is 2. The van der Waals surface area contributed by atoms with Gasteiger partial charge >= 0.3 is 5.97 Å². The van der Waals surface area contributed by atoms with Crippen LogP contribution in [0.15, 0.2) is 18.2 Å². The first kappa shape index (κ1) is 11.9. The molecule has 17 heavy (non-hydrogen) atoms. The maximum Gasteiger partial charge on any atom is 0.337 e. The van der Waals surface area contributed by atoms with E-state index in [0.29, 0.717) is 17.9 Å². The van der Waals surface area contributed by atoms with Gasteiger partial charge in [0.25, 0.3) is 0 Å². The molecule has 92 valence electrons. The molecule has 0 aromatic heterocycles. The van der Waals surface area contributed by atoms with Crippen molar-refractivity contribution in [2.75, 3.05) is 0 Å². The largest absolute Gasteiger partial charge is 0.479 e. The van der Waals surface area contributed by atoms with Crippen LogP contribution in [0.25, 0.3) is 0 Å². The molecule has 1 aliphatic heterocycles. The maximum atomic E-state index is 10.7. The second-order valence-electron chi connectivity index (χ2n) is 4.40. The van der Waals surface area contributed by atoms with Gasteiger partial charge in [-0.2, -0.15) is 0 Å². The Balaban J connectivity index is 2.30. The molecule has 1 aromatic carbocycles. The number of carbonyl (C=O) groups is 1. The Hall–Kier alpha value is -1.59. The minimum atomic E-state index is -1.52. The van der Waals surface area contributed by atoms with Gasteiger partial charge in [-0.1, -0.05) is 6.07 Å². The van der Waals surface area contributed by atoms with E-state index in [9.17, 15) is 9.90 Å². The summed E-state index contributed by atoms with van der Waals surface area (Å²) in [5.74, 6) is -1.30. The molecule has 1 aliphatic rings. The maximum absolute atomic E-state index is 10.7. The van der Waals surface area contributed by atoms with E-state index in [-0.39, 0.29) is 0 Å². The minimum absolute atomic E-state index is 0.322. The average molecular weight is 238 g/mol. The monoisotopic (exact) mass is 238 g/mol. The number of carboxylic acids is 1. The molecule has 2 N–H and O–H groups in total. The zero-order valence-electron chi connectivity index (χ0n) is 9.64. The third-order valence-corrected chi connectivity index (χ3v) is 2.57. The van der Waals surface area contributed by atoms with Gasteiger partial charge in [-0.25, -0.2) is 4.79 Å². The molecule has 1 aromatic rings. The van der Waals surface area contributed by atoms with E-state index >= 15 is 0 Å². The molecule has 0 amide bonds. The Labute approximate surface area is 98.6 Å². The fraction of sp³-hybridized carbons (Fsp3) is 0.417. The lowest BCUT2D eigenvalue weighted by Gasteiger charge is -2.32. The van der Waals surface area contributed by atoms with Crippen LogP contribution in [0.5, 0.6) is 5.75 Å². The first-order valence-electron chi connectivity index (χ1n) is 5.26. The quantitative estimate of drug-likeness (QED) is 0.815. The van der Waals surface area contributed by atoms with Crippen molar-refractivity contribution >= 4 is 5.97 Å². The number of aliphatic hydroxyl groups excluding tert-OH is 1. The van der Waals surface area contributed by atoms with Gasteiger partial charge in [-0.3, -0.25) is 0 Å². The van der Waals surface area contributed by atoms with Crippen LogP contribution < -0.4 is 4.74 Å². The molecule has 0 radical (unpaired) electrons. The molecule has 0 aliphatic carbocycles. The fourth-order valence-electron chi connectivity index (χ4n) is 1.67. The van der Waals surface area contributed by atoms with Gasteiger partial charge in [0.05, 0.1) is 6.61 Å². The lowest BCUT2D eigenvalue weighted by Crippen LogP contribution is -2.35. The van der Waals surface area contributed by atoms with Crippen LogP contribution in [0.3, 0.4) is 0 Å². The smallest absolute Gasteiger partial charge is 0.337 e. The van der Waals surface area contributed by atoms with Crippen LogP contribution in [-0.4, -0.2) is 22.0 Å². The predicted molar refractivity (Wildman–Crippen MR) is 58.5 cm³/mol. The molecule has 0 bridgehead atoms.